The van der Waals surface area contributed by atoms with E-state index < -0.39 is 12.0 Å². The van der Waals surface area contributed by atoms with Gasteiger partial charge < -0.3 is 9.84 Å². The average molecular weight is 197 g/mol. The van der Waals surface area contributed by atoms with Gasteiger partial charge in [0, 0.05) is 5.92 Å². The van der Waals surface area contributed by atoms with Gasteiger partial charge in [-0.1, -0.05) is 19.3 Å². The van der Waals surface area contributed by atoms with Crippen molar-refractivity contribution in [3.63, 3.8) is 0 Å². The number of nitrogens with zero attached hydrogens (tertiary/aromatic N) is 1. The van der Waals surface area contributed by atoms with Gasteiger partial charge in [-0.2, -0.15) is 0 Å². The van der Waals surface area contributed by atoms with E-state index in [2.05, 4.69) is 4.99 Å². The first-order valence-electron chi connectivity index (χ1n) is 5.20. The molecule has 0 aromatic carbocycles. The molecule has 1 saturated carbocycles. The van der Waals surface area contributed by atoms with Crippen molar-refractivity contribution in [3.8, 4) is 0 Å². The Morgan fingerprint density at radius 2 is 2.07 bits per heavy atom. The van der Waals surface area contributed by atoms with Gasteiger partial charge in [0.1, 0.15) is 6.61 Å². The first-order valence-corrected chi connectivity index (χ1v) is 5.20. The van der Waals surface area contributed by atoms with Crippen LogP contribution in [0.5, 0.6) is 0 Å². The topological polar surface area (TPSA) is 58.9 Å². The van der Waals surface area contributed by atoms with Gasteiger partial charge in [-0.25, -0.2) is 9.79 Å². The maximum Gasteiger partial charge on any atom is 0.332 e. The number of hydrogen-bond donors (Lipinski definition) is 1. The lowest BCUT2D eigenvalue weighted by Crippen LogP contribution is -2.18. The molecule has 1 aliphatic carbocycles. The fraction of sp³-hybridized carbons (Fsp3) is 0.800. The lowest BCUT2D eigenvalue weighted by molar-refractivity contribution is -0.138. The van der Waals surface area contributed by atoms with Gasteiger partial charge in [0.2, 0.25) is 0 Å². The van der Waals surface area contributed by atoms with E-state index in [0.29, 0.717) is 11.8 Å². The summed E-state index contributed by atoms with van der Waals surface area (Å²) in [7, 11) is 0. The predicted molar refractivity (Wildman–Crippen MR) is 51.4 cm³/mol. The summed E-state index contributed by atoms with van der Waals surface area (Å²) in [5, 5.41) is 8.74. The molecule has 0 bridgehead atoms. The minimum absolute atomic E-state index is 0.223. The van der Waals surface area contributed by atoms with E-state index in [4.69, 9.17) is 9.84 Å². The van der Waals surface area contributed by atoms with E-state index >= 15 is 0 Å². The average Bonchev–Trinajstić information content (AvgIpc) is 2.68. The second kappa shape index (κ2) is 3.98. The molecule has 1 N–H and O–H groups in total. The maximum absolute atomic E-state index is 10.6. The minimum Gasteiger partial charge on any atom is -0.480 e. The molecule has 0 spiro atoms. The van der Waals surface area contributed by atoms with Crippen molar-refractivity contribution >= 4 is 11.9 Å². The van der Waals surface area contributed by atoms with E-state index in [9.17, 15) is 4.79 Å². The summed E-state index contributed by atoms with van der Waals surface area (Å²) in [5.74, 6) is 0.195. The van der Waals surface area contributed by atoms with Crippen molar-refractivity contribution in [2.45, 2.75) is 38.1 Å². The van der Waals surface area contributed by atoms with Crippen LogP contribution in [0.4, 0.5) is 0 Å². The van der Waals surface area contributed by atoms with Gasteiger partial charge in [0.05, 0.1) is 0 Å². The van der Waals surface area contributed by atoms with Crippen molar-refractivity contribution in [2.75, 3.05) is 6.61 Å². The predicted octanol–water partition coefficient (Wildman–Crippen LogP) is 1.45. The van der Waals surface area contributed by atoms with Crippen LogP contribution in [0, 0.1) is 5.92 Å². The van der Waals surface area contributed by atoms with Crippen molar-refractivity contribution in [3.05, 3.63) is 0 Å². The molecule has 1 heterocycles. The Hall–Kier alpha value is -1.06. The fourth-order valence-electron chi connectivity index (χ4n) is 2.09. The highest BCUT2D eigenvalue weighted by Crippen LogP contribution is 2.27. The van der Waals surface area contributed by atoms with E-state index in [0.717, 1.165) is 12.8 Å². The standard InChI is InChI=1S/C10H15NO3/c12-10(13)8-6-14-9(11-8)7-4-2-1-3-5-7/h7-8H,1-6H2,(H,12,13). The highest BCUT2D eigenvalue weighted by molar-refractivity contribution is 5.86. The van der Waals surface area contributed by atoms with Crippen LogP contribution < -0.4 is 0 Å². The zero-order valence-electron chi connectivity index (χ0n) is 8.11. The molecule has 0 aromatic heterocycles. The van der Waals surface area contributed by atoms with E-state index in [1.165, 1.54) is 19.3 Å². The summed E-state index contributed by atoms with van der Waals surface area (Å²) in [5.41, 5.74) is 0. The number of carboxylic acids is 1. The monoisotopic (exact) mass is 197 g/mol. The third-order valence-corrected chi connectivity index (χ3v) is 2.91. The molecule has 0 radical (unpaired) electrons. The molecular weight excluding hydrogens is 182 g/mol. The van der Waals surface area contributed by atoms with E-state index in [1.807, 2.05) is 0 Å². The van der Waals surface area contributed by atoms with Crippen LogP contribution in [0.3, 0.4) is 0 Å². The summed E-state index contributed by atoms with van der Waals surface area (Å²) in [6.07, 6.45) is 5.91. The van der Waals surface area contributed by atoms with Crippen molar-refractivity contribution < 1.29 is 14.6 Å². The summed E-state index contributed by atoms with van der Waals surface area (Å²) in [6.45, 7) is 0.223. The Kier molecular flexibility index (Phi) is 2.70. The normalized spacial score (nSPS) is 28.3. The number of aliphatic carboxylic acids is 1. The molecule has 1 aliphatic heterocycles. The molecule has 78 valence electrons. The zero-order valence-corrected chi connectivity index (χ0v) is 8.11. The molecule has 0 amide bonds. The number of ether oxygens (including phenoxy) is 1. The molecule has 4 heteroatoms. The number of carbonyl (C=O) groups is 1. The largest absolute Gasteiger partial charge is 0.480 e. The highest BCUT2D eigenvalue weighted by atomic mass is 16.5. The molecule has 4 nitrogen and oxygen atoms in total. The van der Waals surface area contributed by atoms with Gasteiger partial charge in [0.25, 0.3) is 0 Å². The van der Waals surface area contributed by atoms with Crippen LogP contribution >= 0.6 is 0 Å². The first-order chi connectivity index (χ1) is 6.77. The Balaban J connectivity index is 1.97. The molecular formula is C10H15NO3. The number of rotatable bonds is 2. The van der Waals surface area contributed by atoms with Gasteiger partial charge in [-0.3, -0.25) is 0 Å². The van der Waals surface area contributed by atoms with Crippen LogP contribution in [0.25, 0.3) is 0 Å². The minimum atomic E-state index is -0.879. The molecule has 1 fully saturated rings. The maximum atomic E-state index is 10.6. The van der Waals surface area contributed by atoms with E-state index in [-0.39, 0.29) is 6.61 Å². The summed E-state index contributed by atoms with van der Waals surface area (Å²) >= 11 is 0. The van der Waals surface area contributed by atoms with E-state index in [1.54, 1.807) is 0 Å². The van der Waals surface area contributed by atoms with Gasteiger partial charge in [-0.15, -0.1) is 0 Å². The van der Waals surface area contributed by atoms with Crippen LogP contribution in [-0.2, 0) is 9.53 Å². The Bertz CT molecular complexity index is 256. The van der Waals surface area contributed by atoms with Gasteiger partial charge in [0.15, 0.2) is 11.9 Å². The van der Waals surface area contributed by atoms with Crippen LogP contribution in [0.2, 0.25) is 0 Å². The van der Waals surface area contributed by atoms with Crippen LogP contribution in [0.1, 0.15) is 32.1 Å². The SMILES string of the molecule is O=C(O)C1COC(C2CCCCC2)=N1. The Morgan fingerprint density at radius 3 is 2.64 bits per heavy atom. The Morgan fingerprint density at radius 1 is 1.36 bits per heavy atom. The zero-order chi connectivity index (χ0) is 9.97. The molecule has 2 rings (SSSR count). The lowest BCUT2D eigenvalue weighted by atomic mass is 9.89. The summed E-state index contributed by atoms with van der Waals surface area (Å²) in [4.78, 5) is 14.7. The molecule has 14 heavy (non-hydrogen) atoms. The highest BCUT2D eigenvalue weighted by Gasteiger charge is 2.30. The number of carboxylic acid groups (broad SMARTS) is 1. The Labute approximate surface area is 83.0 Å². The van der Waals surface area contributed by atoms with Crippen molar-refractivity contribution in [1.82, 2.24) is 0 Å². The third kappa shape index (κ3) is 1.89. The van der Waals surface area contributed by atoms with Crippen molar-refractivity contribution in [2.24, 2.45) is 10.9 Å². The fourth-order valence-corrected chi connectivity index (χ4v) is 2.09. The molecule has 0 saturated heterocycles. The van der Waals surface area contributed by atoms with Gasteiger partial charge in [-0.05, 0) is 12.8 Å². The summed E-state index contributed by atoms with van der Waals surface area (Å²) < 4.78 is 5.34. The van der Waals surface area contributed by atoms with Crippen LogP contribution in [-0.4, -0.2) is 29.6 Å². The third-order valence-electron chi connectivity index (χ3n) is 2.91. The van der Waals surface area contributed by atoms with Crippen molar-refractivity contribution in [1.29, 1.82) is 0 Å². The molecule has 1 unspecified atom stereocenters. The number of aliphatic imine (C=N–C) groups is 1. The molecule has 2 aliphatic rings. The van der Waals surface area contributed by atoms with Crippen LogP contribution in [0.15, 0.2) is 4.99 Å². The number of hydrogen-bond acceptors (Lipinski definition) is 3. The quantitative estimate of drug-likeness (QED) is 0.728. The summed E-state index contributed by atoms with van der Waals surface area (Å²) in [6, 6.07) is -0.660. The molecule has 1 atom stereocenters. The van der Waals surface area contributed by atoms with Gasteiger partial charge >= 0.3 is 5.97 Å². The lowest BCUT2D eigenvalue weighted by Gasteiger charge is -2.20. The molecule has 0 aromatic rings. The second-order valence-corrected chi connectivity index (χ2v) is 3.97. The first kappa shape index (κ1) is 9.49. The second-order valence-electron chi connectivity index (χ2n) is 3.97. The smallest absolute Gasteiger partial charge is 0.332 e.